The molecule has 0 aliphatic heterocycles. The van der Waals surface area contributed by atoms with Gasteiger partial charge in [-0.15, -0.1) is 26.2 Å². The lowest BCUT2D eigenvalue weighted by Gasteiger charge is -1.99. The average Bonchev–Trinajstić information content (AvgIpc) is 2.05. The van der Waals surface area contributed by atoms with Crippen molar-refractivity contribution in [1.82, 2.24) is 0 Å². The highest BCUT2D eigenvalue weighted by molar-refractivity contribution is 8.93. The number of hydrogen-bond acceptors (Lipinski definition) is 1. The zero-order valence-corrected chi connectivity index (χ0v) is 9.76. The van der Waals surface area contributed by atoms with Gasteiger partial charge in [-0.05, 0) is 34.3 Å². The molecule has 0 bridgehead atoms. The Balaban J connectivity index is 0.000000845. The molecule has 1 atom stereocenters. The second kappa shape index (κ2) is 4.08. The largest absolute Gasteiger partial charge is 0.508 e. The molecule has 0 aromatic heterocycles. The molecule has 2 rings (SSSR count). The summed E-state index contributed by atoms with van der Waals surface area (Å²) in [6, 6.07) is 11.5. The van der Waals surface area contributed by atoms with E-state index < -0.39 is 0 Å². The Morgan fingerprint density at radius 3 is 2.31 bits per heavy atom. The number of phenolic OH excluding ortho intramolecular Hbond substituents is 1. The summed E-state index contributed by atoms with van der Waals surface area (Å²) in [5.74, 6) is 0.319. The zero-order chi connectivity index (χ0) is 8.55. The summed E-state index contributed by atoms with van der Waals surface area (Å²) in [5.41, 5.74) is 0. The van der Waals surface area contributed by atoms with E-state index in [1.54, 1.807) is 12.1 Å². The van der Waals surface area contributed by atoms with Crippen LogP contribution in [-0.2, 0) is 0 Å². The van der Waals surface area contributed by atoms with Gasteiger partial charge in [0.25, 0.3) is 0 Å². The lowest BCUT2D eigenvalue weighted by atomic mass is 10.1. The van der Waals surface area contributed by atoms with Crippen LogP contribution in [0, 0.1) is 0 Å². The van der Waals surface area contributed by atoms with E-state index in [1.165, 1.54) is 0 Å². The molecular weight excluding hydrogens is 247 g/mol. The Kier molecular flexibility index (Phi) is 3.29. The molecule has 13 heavy (non-hydrogen) atoms. The van der Waals surface area contributed by atoms with Crippen LogP contribution in [0.2, 0.25) is 0 Å². The Morgan fingerprint density at radius 2 is 1.54 bits per heavy atom. The summed E-state index contributed by atoms with van der Waals surface area (Å²) in [7, 11) is 2.65. The molecule has 1 unspecified atom stereocenters. The van der Waals surface area contributed by atoms with Gasteiger partial charge in [0, 0.05) is 0 Å². The molecule has 0 aliphatic carbocycles. The fourth-order valence-corrected chi connectivity index (χ4v) is 1.53. The topological polar surface area (TPSA) is 20.2 Å². The number of halogens is 1. The Hall–Kier alpha value is -0.590. The smallest absolute Gasteiger partial charge is 0.116 e. The van der Waals surface area contributed by atoms with E-state index in [0.29, 0.717) is 5.75 Å². The summed E-state index contributed by atoms with van der Waals surface area (Å²) in [4.78, 5) is 0. The number of aromatic hydroxyl groups is 1. The second-order valence-corrected chi connectivity index (χ2v) is 3.46. The van der Waals surface area contributed by atoms with Crippen molar-refractivity contribution >= 4 is 42.3 Å². The fraction of sp³-hybridized carbons (Fsp3) is 0. The summed E-state index contributed by atoms with van der Waals surface area (Å²) in [6.07, 6.45) is 0. The normalized spacial score (nSPS) is 9.62. The molecule has 0 aliphatic rings. The molecule has 0 amide bonds. The van der Waals surface area contributed by atoms with Crippen molar-refractivity contribution < 1.29 is 5.11 Å². The molecule has 1 nitrogen and oxygen atoms in total. The van der Waals surface area contributed by atoms with Gasteiger partial charge in [-0.3, -0.25) is 0 Å². The van der Waals surface area contributed by atoms with Crippen molar-refractivity contribution in [2.45, 2.75) is 0 Å². The molecule has 1 N–H and O–H groups in total. The lowest BCUT2D eigenvalue weighted by molar-refractivity contribution is 0.476. The SMILES string of the molecule is Br.Oc1ccc2cc(P)ccc2c1. The van der Waals surface area contributed by atoms with Gasteiger partial charge >= 0.3 is 0 Å². The van der Waals surface area contributed by atoms with Crippen LogP contribution in [0.25, 0.3) is 10.8 Å². The van der Waals surface area contributed by atoms with E-state index in [1.807, 2.05) is 18.2 Å². The minimum absolute atomic E-state index is 0. The first-order valence-electron chi connectivity index (χ1n) is 3.74. The molecule has 3 heteroatoms. The standard InChI is InChI=1S/C10H9OP.BrH/c11-9-3-1-8-6-10(12)4-2-7(8)5-9;/h1-6,11H,12H2;1H. The van der Waals surface area contributed by atoms with Crippen molar-refractivity contribution in [3.8, 4) is 5.75 Å². The highest BCUT2D eigenvalue weighted by Crippen LogP contribution is 2.18. The maximum absolute atomic E-state index is 9.19. The Bertz CT molecular complexity index is 387. The highest BCUT2D eigenvalue weighted by atomic mass is 79.9. The first-order valence-corrected chi connectivity index (χ1v) is 4.32. The summed E-state index contributed by atoms with van der Waals surface area (Å²) in [5, 5.41) is 12.6. The Labute approximate surface area is 89.7 Å². The first-order chi connectivity index (χ1) is 5.75. The molecule has 0 fully saturated rings. The van der Waals surface area contributed by atoms with Crippen LogP contribution in [-0.4, -0.2) is 5.11 Å². The number of fused-ring (bicyclic) bond motifs is 1. The molecule has 2 aromatic carbocycles. The molecule has 0 heterocycles. The summed E-state index contributed by atoms with van der Waals surface area (Å²) < 4.78 is 0. The van der Waals surface area contributed by atoms with Gasteiger partial charge in [0.15, 0.2) is 0 Å². The quantitative estimate of drug-likeness (QED) is 0.719. The summed E-state index contributed by atoms with van der Waals surface area (Å²) >= 11 is 0. The van der Waals surface area contributed by atoms with Gasteiger partial charge in [0.05, 0.1) is 0 Å². The van der Waals surface area contributed by atoms with Crippen molar-refractivity contribution in [1.29, 1.82) is 0 Å². The van der Waals surface area contributed by atoms with Crippen LogP contribution in [0.15, 0.2) is 36.4 Å². The van der Waals surface area contributed by atoms with Gasteiger partial charge in [0.2, 0.25) is 0 Å². The molecule has 0 radical (unpaired) electrons. The molecule has 2 aromatic rings. The van der Waals surface area contributed by atoms with Crippen molar-refractivity contribution in [3.05, 3.63) is 36.4 Å². The van der Waals surface area contributed by atoms with E-state index >= 15 is 0 Å². The third-order valence-corrected chi connectivity index (χ3v) is 2.21. The maximum atomic E-state index is 9.19. The van der Waals surface area contributed by atoms with E-state index in [2.05, 4.69) is 15.3 Å². The van der Waals surface area contributed by atoms with Crippen LogP contribution < -0.4 is 5.30 Å². The predicted octanol–water partition coefficient (Wildman–Crippen LogP) is 2.62. The third kappa shape index (κ3) is 2.20. The minimum Gasteiger partial charge on any atom is -0.508 e. The molecule has 68 valence electrons. The van der Waals surface area contributed by atoms with Crippen LogP contribution in [0.5, 0.6) is 5.75 Å². The van der Waals surface area contributed by atoms with E-state index in [-0.39, 0.29) is 17.0 Å². The third-order valence-electron chi connectivity index (χ3n) is 1.85. The summed E-state index contributed by atoms with van der Waals surface area (Å²) in [6.45, 7) is 0. The zero-order valence-electron chi connectivity index (χ0n) is 6.90. The highest BCUT2D eigenvalue weighted by Gasteiger charge is 1.94. The van der Waals surface area contributed by atoms with Crippen LogP contribution in [0.3, 0.4) is 0 Å². The van der Waals surface area contributed by atoms with Crippen molar-refractivity contribution in [3.63, 3.8) is 0 Å². The molecular formula is C10H10BrOP. The first kappa shape index (κ1) is 10.5. The van der Waals surface area contributed by atoms with Crippen LogP contribution in [0.4, 0.5) is 0 Å². The van der Waals surface area contributed by atoms with Gasteiger partial charge in [0.1, 0.15) is 5.75 Å². The maximum Gasteiger partial charge on any atom is 0.116 e. The van der Waals surface area contributed by atoms with E-state index in [9.17, 15) is 5.11 Å². The molecule has 0 saturated heterocycles. The van der Waals surface area contributed by atoms with Crippen molar-refractivity contribution in [2.75, 3.05) is 0 Å². The van der Waals surface area contributed by atoms with Gasteiger partial charge in [-0.1, -0.05) is 18.2 Å². The lowest BCUT2D eigenvalue weighted by Crippen LogP contribution is -1.87. The predicted molar refractivity (Wildman–Crippen MR) is 65.3 cm³/mol. The van der Waals surface area contributed by atoms with Gasteiger partial charge in [-0.25, -0.2) is 0 Å². The molecule has 0 saturated carbocycles. The number of rotatable bonds is 0. The van der Waals surface area contributed by atoms with Crippen LogP contribution in [0.1, 0.15) is 0 Å². The number of benzene rings is 2. The average molecular weight is 257 g/mol. The van der Waals surface area contributed by atoms with E-state index in [0.717, 1.165) is 16.1 Å². The van der Waals surface area contributed by atoms with E-state index in [4.69, 9.17) is 0 Å². The minimum atomic E-state index is 0. The number of phenols is 1. The molecule has 0 spiro atoms. The van der Waals surface area contributed by atoms with Gasteiger partial charge < -0.3 is 5.11 Å². The van der Waals surface area contributed by atoms with Crippen molar-refractivity contribution in [2.24, 2.45) is 0 Å². The fourth-order valence-electron chi connectivity index (χ4n) is 1.25. The van der Waals surface area contributed by atoms with Gasteiger partial charge in [-0.2, -0.15) is 0 Å². The second-order valence-electron chi connectivity index (χ2n) is 2.79. The number of hydrogen-bond donors (Lipinski definition) is 1. The monoisotopic (exact) mass is 256 g/mol. The van der Waals surface area contributed by atoms with Crippen LogP contribution >= 0.6 is 26.2 Å². The Morgan fingerprint density at radius 1 is 0.923 bits per heavy atom.